The second-order valence-corrected chi connectivity index (χ2v) is 4.14. The van der Waals surface area contributed by atoms with Gasteiger partial charge in [-0.25, -0.2) is 8.42 Å². The van der Waals surface area contributed by atoms with Crippen LogP contribution in [0.2, 0.25) is 0 Å². The maximum Gasteiger partial charge on any atom is 0.152 e. The maximum atomic E-state index is 10.2. The Morgan fingerprint density at radius 2 is 2.38 bits per heavy atom. The summed E-state index contributed by atoms with van der Waals surface area (Å²) in [5.41, 5.74) is 0. The fourth-order valence-corrected chi connectivity index (χ4v) is 2.04. The summed E-state index contributed by atoms with van der Waals surface area (Å²) in [5.74, 6) is 0. The third-order valence-electron chi connectivity index (χ3n) is 0.905. The SMILES string of the molecule is O=[SH](=O)C1CC=CS1. The Hall–Kier alpha value is 0.0400. The topological polar surface area (TPSA) is 34.1 Å². The molecule has 0 saturated heterocycles. The highest BCUT2D eigenvalue weighted by Crippen LogP contribution is 2.23. The van der Waals surface area contributed by atoms with Crippen molar-refractivity contribution in [3.05, 3.63) is 11.5 Å². The van der Waals surface area contributed by atoms with Gasteiger partial charge in [-0.2, -0.15) is 0 Å². The van der Waals surface area contributed by atoms with Crippen molar-refractivity contribution in [2.24, 2.45) is 0 Å². The van der Waals surface area contributed by atoms with Gasteiger partial charge in [-0.3, -0.25) is 0 Å². The van der Waals surface area contributed by atoms with Crippen LogP contribution in [0.15, 0.2) is 11.5 Å². The van der Waals surface area contributed by atoms with Gasteiger partial charge in [-0.15, -0.1) is 11.8 Å². The molecule has 0 radical (unpaired) electrons. The molecule has 0 amide bonds. The van der Waals surface area contributed by atoms with Crippen molar-refractivity contribution in [1.29, 1.82) is 0 Å². The lowest BCUT2D eigenvalue weighted by Crippen LogP contribution is -1.96. The van der Waals surface area contributed by atoms with E-state index in [1.165, 1.54) is 11.8 Å². The number of thioether (sulfide) groups is 1. The molecule has 0 spiro atoms. The van der Waals surface area contributed by atoms with Crippen LogP contribution in [0.4, 0.5) is 0 Å². The summed E-state index contributed by atoms with van der Waals surface area (Å²) in [4.78, 5) is 0. The largest absolute Gasteiger partial charge is 0.231 e. The minimum absolute atomic E-state index is 0.176. The maximum absolute atomic E-state index is 10.2. The average Bonchev–Trinajstić information content (AvgIpc) is 2.12. The molecule has 0 fully saturated rings. The van der Waals surface area contributed by atoms with Crippen LogP contribution in [-0.4, -0.2) is 13.0 Å². The first-order chi connectivity index (χ1) is 3.80. The van der Waals surface area contributed by atoms with Gasteiger partial charge in [0.1, 0.15) is 4.58 Å². The molecule has 46 valence electrons. The molecule has 0 aliphatic carbocycles. The molecule has 0 aromatic heterocycles. The van der Waals surface area contributed by atoms with Crippen molar-refractivity contribution in [3.63, 3.8) is 0 Å². The summed E-state index contributed by atoms with van der Waals surface area (Å²) < 4.78 is 20.2. The normalized spacial score (nSPS) is 27.4. The molecule has 0 N–H and O–H groups in total. The van der Waals surface area contributed by atoms with Crippen molar-refractivity contribution in [1.82, 2.24) is 0 Å². The summed E-state index contributed by atoms with van der Waals surface area (Å²) in [6.07, 6.45) is 2.56. The average molecular weight is 150 g/mol. The quantitative estimate of drug-likeness (QED) is 0.555. The van der Waals surface area contributed by atoms with Crippen molar-refractivity contribution in [2.45, 2.75) is 11.0 Å². The van der Waals surface area contributed by atoms with E-state index in [0.717, 1.165) is 0 Å². The third-order valence-corrected chi connectivity index (χ3v) is 3.32. The van der Waals surface area contributed by atoms with Gasteiger partial charge in [0.2, 0.25) is 0 Å². The lowest BCUT2D eigenvalue weighted by Gasteiger charge is -1.92. The number of thiol groups is 1. The summed E-state index contributed by atoms with van der Waals surface area (Å²) in [7, 11) is -2.20. The van der Waals surface area contributed by atoms with Gasteiger partial charge in [-0.05, 0) is 11.8 Å². The highest BCUT2D eigenvalue weighted by Gasteiger charge is 2.11. The van der Waals surface area contributed by atoms with E-state index in [9.17, 15) is 8.42 Å². The Morgan fingerprint density at radius 3 is 2.62 bits per heavy atom. The number of allylic oxidation sites excluding steroid dienone is 1. The Balaban J connectivity index is 2.53. The summed E-state index contributed by atoms with van der Waals surface area (Å²) in [6.45, 7) is 0. The van der Waals surface area contributed by atoms with E-state index in [0.29, 0.717) is 6.42 Å². The lowest BCUT2D eigenvalue weighted by atomic mass is 10.5. The summed E-state index contributed by atoms with van der Waals surface area (Å²) in [5, 5.41) is 1.83. The molecule has 1 heterocycles. The van der Waals surface area contributed by atoms with E-state index in [4.69, 9.17) is 0 Å². The van der Waals surface area contributed by atoms with Crippen LogP contribution in [0.3, 0.4) is 0 Å². The van der Waals surface area contributed by atoms with Gasteiger partial charge in [0.25, 0.3) is 0 Å². The molecular formula is C4H6O2S2. The zero-order valence-electron chi connectivity index (χ0n) is 4.11. The first-order valence-electron chi connectivity index (χ1n) is 2.24. The molecule has 1 rings (SSSR count). The lowest BCUT2D eigenvalue weighted by molar-refractivity contribution is 0.612. The summed E-state index contributed by atoms with van der Waals surface area (Å²) in [6, 6.07) is 0. The highest BCUT2D eigenvalue weighted by molar-refractivity contribution is 8.10. The molecule has 1 unspecified atom stereocenters. The predicted octanol–water partition coefficient (Wildman–Crippen LogP) is 0.575. The van der Waals surface area contributed by atoms with Crippen molar-refractivity contribution in [3.8, 4) is 0 Å². The molecule has 4 heteroatoms. The van der Waals surface area contributed by atoms with E-state index in [1.807, 2.05) is 11.5 Å². The van der Waals surface area contributed by atoms with Gasteiger partial charge in [-0.1, -0.05) is 6.08 Å². The van der Waals surface area contributed by atoms with Crippen LogP contribution in [0, 0.1) is 0 Å². The van der Waals surface area contributed by atoms with E-state index in [1.54, 1.807) is 0 Å². The Bertz CT molecular complexity index is 155. The van der Waals surface area contributed by atoms with Crippen LogP contribution in [0.5, 0.6) is 0 Å². The van der Waals surface area contributed by atoms with Gasteiger partial charge in [0.15, 0.2) is 10.7 Å². The minimum atomic E-state index is -2.20. The van der Waals surface area contributed by atoms with E-state index in [2.05, 4.69) is 0 Å². The molecule has 1 aliphatic rings. The molecule has 0 bridgehead atoms. The van der Waals surface area contributed by atoms with Crippen LogP contribution >= 0.6 is 11.8 Å². The number of rotatable bonds is 1. The Kier molecular flexibility index (Phi) is 1.96. The summed E-state index contributed by atoms with van der Waals surface area (Å²) >= 11 is 1.37. The van der Waals surface area contributed by atoms with Crippen molar-refractivity contribution < 1.29 is 8.42 Å². The smallest absolute Gasteiger partial charge is 0.152 e. The monoisotopic (exact) mass is 150 g/mol. The van der Waals surface area contributed by atoms with Crippen LogP contribution in [-0.2, 0) is 10.7 Å². The van der Waals surface area contributed by atoms with Crippen molar-refractivity contribution >= 4 is 22.5 Å². The molecule has 2 nitrogen and oxygen atoms in total. The highest BCUT2D eigenvalue weighted by atomic mass is 32.2. The van der Waals surface area contributed by atoms with Crippen molar-refractivity contribution in [2.75, 3.05) is 0 Å². The standard InChI is InChI=1S/C4H6O2S2/c5-8(6)4-2-1-3-7-4/h1,3-4,8H,2H2. The number of hydrogen-bond acceptors (Lipinski definition) is 3. The zero-order valence-corrected chi connectivity index (χ0v) is 5.82. The van der Waals surface area contributed by atoms with Crippen LogP contribution < -0.4 is 0 Å². The fourth-order valence-electron chi connectivity index (χ4n) is 0.510. The molecule has 0 saturated carbocycles. The van der Waals surface area contributed by atoms with Gasteiger partial charge < -0.3 is 0 Å². The molecule has 1 aliphatic heterocycles. The minimum Gasteiger partial charge on any atom is -0.231 e. The molecule has 1 atom stereocenters. The molecule has 0 aromatic carbocycles. The van der Waals surface area contributed by atoms with Crippen LogP contribution in [0.1, 0.15) is 6.42 Å². The Labute approximate surface area is 53.9 Å². The third kappa shape index (κ3) is 1.26. The first kappa shape index (κ1) is 6.16. The van der Waals surface area contributed by atoms with E-state index >= 15 is 0 Å². The molecule has 8 heavy (non-hydrogen) atoms. The van der Waals surface area contributed by atoms with Gasteiger partial charge in [0.05, 0.1) is 0 Å². The second kappa shape index (κ2) is 2.55. The fraction of sp³-hybridized carbons (Fsp3) is 0.500. The van der Waals surface area contributed by atoms with E-state index in [-0.39, 0.29) is 4.58 Å². The second-order valence-electron chi connectivity index (χ2n) is 1.48. The van der Waals surface area contributed by atoms with Gasteiger partial charge in [0, 0.05) is 0 Å². The predicted molar refractivity (Wildman–Crippen MR) is 35.5 cm³/mol. The molecular weight excluding hydrogens is 144 g/mol. The number of hydrogen-bond donors (Lipinski definition) is 1. The van der Waals surface area contributed by atoms with Crippen LogP contribution in [0.25, 0.3) is 0 Å². The van der Waals surface area contributed by atoms with Gasteiger partial charge >= 0.3 is 0 Å². The molecule has 0 aromatic rings. The first-order valence-corrected chi connectivity index (χ1v) is 4.43. The zero-order chi connectivity index (χ0) is 5.98. The Morgan fingerprint density at radius 1 is 1.62 bits per heavy atom. The van der Waals surface area contributed by atoms with E-state index < -0.39 is 10.7 Å².